The van der Waals surface area contributed by atoms with Gasteiger partial charge in [0.05, 0.1) is 16.5 Å². The van der Waals surface area contributed by atoms with Gasteiger partial charge in [-0.05, 0) is 31.2 Å². The van der Waals surface area contributed by atoms with Crippen LogP contribution in [0.3, 0.4) is 0 Å². The number of hydrogen-bond donors (Lipinski definition) is 2. The highest BCUT2D eigenvalue weighted by atomic mass is 35.5. The fraction of sp³-hybridized carbons (Fsp3) is 0.429. The van der Waals surface area contributed by atoms with Crippen molar-refractivity contribution < 1.29 is 9.59 Å². The molecule has 1 unspecified atom stereocenters. The number of hydrogen-bond acceptors (Lipinski definition) is 3. The fourth-order valence-electron chi connectivity index (χ4n) is 2.13. The Labute approximate surface area is 135 Å². The minimum Gasteiger partial charge on any atom is -0.345 e. The third-order valence-electron chi connectivity index (χ3n) is 3.30. The van der Waals surface area contributed by atoms with Crippen molar-refractivity contribution in [3.05, 3.63) is 28.8 Å². The van der Waals surface area contributed by atoms with E-state index in [2.05, 4.69) is 10.6 Å². The maximum Gasteiger partial charge on any atom is 0.254 e. The molecule has 116 valence electrons. The molecule has 1 aromatic carbocycles. The number of carbonyl (C=O) groups is 2. The van der Waals surface area contributed by atoms with Gasteiger partial charge in [0.25, 0.3) is 5.91 Å². The van der Waals surface area contributed by atoms with Gasteiger partial charge in [0.1, 0.15) is 0 Å². The summed E-state index contributed by atoms with van der Waals surface area (Å²) in [5.74, 6) is -0.178. The lowest BCUT2D eigenvalue weighted by molar-refractivity contribution is -0.119. The first-order valence-corrected chi connectivity index (χ1v) is 6.89. The van der Waals surface area contributed by atoms with Gasteiger partial charge in [0, 0.05) is 26.3 Å². The van der Waals surface area contributed by atoms with E-state index in [4.69, 9.17) is 11.6 Å². The molecule has 2 amide bonds. The standard InChI is InChI=1S/C14H18ClN3O2.ClH/c1-18(2)14(20)11-4-3-10(7-12(11)15)17-13(19)9-5-6-16-8-9;/h3-4,7,9,16H,5-6,8H2,1-2H3,(H,17,19);1H. The Kier molecular flexibility index (Phi) is 6.45. The molecule has 0 aliphatic carbocycles. The van der Waals surface area contributed by atoms with Gasteiger partial charge in [0.15, 0.2) is 0 Å². The highest BCUT2D eigenvalue weighted by Gasteiger charge is 2.22. The van der Waals surface area contributed by atoms with Crippen molar-refractivity contribution in [3.8, 4) is 0 Å². The van der Waals surface area contributed by atoms with Crippen molar-refractivity contribution in [1.29, 1.82) is 0 Å². The number of nitrogens with one attached hydrogen (secondary N) is 2. The summed E-state index contributed by atoms with van der Waals surface area (Å²) >= 11 is 6.10. The second kappa shape index (κ2) is 7.64. The quantitative estimate of drug-likeness (QED) is 0.890. The number of rotatable bonds is 3. The van der Waals surface area contributed by atoms with E-state index in [1.54, 1.807) is 32.3 Å². The SMILES string of the molecule is CN(C)C(=O)c1ccc(NC(=O)C2CCNC2)cc1Cl.Cl. The molecule has 0 radical (unpaired) electrons. The van der Waals surface area contributed by atoms with E-state index in [0.29, 0.717) is 22.8 Å². The molecule has 1 aliphatic rings. The van der Waals surface area contributed by atoms with Gasteiger partial charge < -0.3 is 15.5 Å². The zero-order valence-corrected chi connectivity index (χ0v) is 13.6. The lowest BCUT2D eigenvalue weighted by Crippen LogP contribution is -2.25. The monoisotopic (exact) mass is 331 g/mol. The number of nitrogens with zero attached hydrogens (tertiary/aromatic N) is 1. The Morgan fingerprint density at radius 1 is 1.38 bits per heavy atom. The van der Waals surface area contributed by atoms with E-state index in [9.17, 15) is 9.59 Å². The largest absolute Gasteiger partial charge is 0.345 e. The summed E-state index contributed by atoms with van der Waals surface area (Å²) in [5, 5.41) is 6.32. The number of benzene rings is 1. The van der Waals surface area contributed by atoms with Crippen LogP contribution < -0.4 is 10.6 Å². The summed E-state index contributed by atoms with van der Waals surface area (Å²) in [6.45, 7) is 1.58. The van der Waals surface area contributed by atoms with Gasteiger partial charge in [-0.2, -0.15) is 0 Å². The van der Waals surface area contributed by atoms with Gasteiger partial charge in [-0.25, -0.2) is 0 Å². The summed E-state index contributed by atoms with van der Waals surface area (Å²) in [7, 11) is 3.34. The summed E-state index contributed by atoms with van der Waals surface area (Å²) in [5.41, 5.74) is 1.04. The summed E-state index contributed by atoms with van der Waals surface area (Å²) in [6, 6.07) is 4.94. The van der Waals surface area contributed by atoms with Crippen LogP contribution in [-0.2, 0) is 4.79 Å². The molecule has 1 heterocycles. The summed E-state index contributed by atoms with van der Waals surface area (Å²) in [4.78, 5) is 25.3. The first kappa shape index (κ1) is 17.8. The van der Waals surface area contributed by atoms with Gasteiger partial charge in [-0.1, -0.05) is 11.6 Å². The van der Waals surface area contributed by atoms with Gasteiger partial charge in [0.2, 0.25) is 5.91 Å². The Hall–Kier alpha value is -1.30. The first-order chi connectivity index (χ1) is 9.49. The number of halogens is 2. The predicted molar refractivity (Wildman–Crippen MR) is 86.3 cm³/mol. The molecule has 1 aliphatic heterocycles. The second-order valence-corrected chi connectivity index (χ2v) is 5.48. The van der Waals surface area contributed by atoms with Gasteiger partial charge in [-0.15, -0.1) is 12.4 Å². The van der Waals surface area contributed by atoms with Crippen molar-refractivity contribution in [3.63, 3.8) is 0 Å². The zero-order chi connectivity index (χ0) is 14.7. The van der Waals surface area contributed by atoms with Gasteiger partial charge >= 0.3 is 0 Å². The second-order valence-electron chi connectivity index (χ2n) is 5.07. The van der Waals surface area contributed by atoms with Crippen LogP contribution in [0.15, 0.2) is 18.2 Å². The highest BCUT2D eigenvalue weighted by molar-refractivity contribution is 6.34. The Morgan fingerprint density at radius 2 is 2.10 bits per heavy atom. The van der Waals surface area contributed by atoms with Crippen molar-refractivity contribution in [2.75, 3.05) is 32.5 Å². The Balaban J connectivity index is 0.00000220. The van der Waals surface area contributed by atoms with Crippen molar-refractivity contribution >= 4 is 41.5 Å². The van der Waals surface area contributed by atoms with Crippen LogP contribution in [-0.4, -0.2) is 43.9 Å². The lowest BCUT2D eigenvalue weighted by atomic mass is 10.1. The van der Waals surface area contributed by atoms with E-state index in [-0.39, 0.29) is 30.1 Å². The maximum atomic E-state index is 12.0. The average molecular weight is 332 g/mol. The molecular weight excluding hydrogens is 313 g/mol. The van der Waals surface area contributed by atoms with Crippen LogP contribution in [0.25, 0.3) is 0 Å². The van der Waals surface area contributed by atoms with E-state index >= 15 is 0 Å². The molecule has 1 aromatic rings. The fourth-order valence-corrected chi connectivity index (χ4v) is 2.39. The van der Waals surface area contributed by atoms with Crippen LogP contribution in [0.5, 0.6) is 0 Å². The molecule has 1 atom stereocenters. The molecular formula is C14H19Cl2N3O2. The normalized spacial score (nSPS) is 17.0. The molecule has 2 rings (SSSR count). The molecule has 1 fully saturated rings. The highest BCUT2D eigenvalue weighted by Crippen LogP contribution is 2.23. The number of amides is 2. The third-order valence-corrected chi connectivity index (χ3v) is 3.62. The smallest absolute Gasteiger partial charge is 0.254 e. The van der Waals surface area contributed by atoms with E-state index in [0.717, 1.165) is 13.0 Å². The van der Waals surface area contributed by atoms with E-state index in [1.807, 2.05) is 0 Å². The third kappa shape index (κ3) is 4.33. The minimum atomic E-state index is -0.159. The Morgan fingerprint density at radius 3 is 2.62 bits per heavy atom. The van der Waals surface area contributed by atoms with E-state index in [1.165, 1.54) is 4.90 Å². The Bertz CT molecular complexity index is 529. The molecule has 0 spiro atoms. The van der Waals surface area contributed by atoms with Crippen molar-refractivity contribution in [1.82, 2.24) is 10.2 Å². The molecule has 0 aromatic heterocycles. The molecule has 2 N–H and O–H groups in total. The molecule has 5 nitrogen and oxygen atoms in total. The van der Waals surface area contributed by atoms with Crippen LogP contribution in [0.1, 0.15) is 16.8 Å². The topological polar surface area (TPSA) is 61.4 Å². The van der Waals surface area contributed by atoms with Crippen molar-refractivity contribution in [2.24, 2.45) is 5.92 Å². The predicted octanol–water partition coefficient (Wildman–Crippen LogP) is 2.01. The molecule has 7 heteroatoms. The number of carbonyl (C=O) groups excluding carboxylic acids is 2. The average Bonchev–Trinajstić information content (AvgIpc) is 2.92. The zero-order valence-electron chi connectivity index (χ0n) is 12.0. The minimum absolute atomic E-state index is 0. The van der Waals surface area contributed by atoms with E-state index < -0.39 is 0 Å². The van der Waals surface area contributed by atoms with Crippen LogP contribution in [0.2, 0.25) is 5.02 Å². The van der Waals surface area contributed by atoms with Crippen LogP contribution >= 0.6 is 24.0 Å². The first-order valence-electron chi connectivity index (χ1n) is 6.52. The lowest BCUT2D eigenvalue weighted by Gasteiger charge is -2.14. The number of anilines is 1. The van der Waals surface area contributed by atoms with Gasteiger partial charge in [-0.3, -0.25) is 9.59 Å². The molecule has 0 bridgehead atoms. The summed E-state index contributed by atoms with van der Waals surface area (Å²) in [6.07, 6.45) is 0.844. The summed E-state index contributed by atoms with van der Waals surface area (Å²) < 4.78 is 0. The molecule has 1 saturated heterocycles. The molecule has 0 saturated carbocycles. The molecule has 21 heavy (non-hydrogen) atoms. The maximum absolute atomic E-state index is 12.0. The van der Waals surface area contributed by atoms with Crippen LogP contribution in [0, 0.1) is 5.92 Å². The van der Waals surface area contributed by atoms with Crippen molar-refractivity contribution in [2.45, 2.75) is 6.42 Å². The van der Waals surface area contributed by atoms with Crippen LogP contribution in [0.4, 0.5) is 5.69 Å².